The second kappa shape index (κ2) is 6.79. The summed E-state index contributed by atoms with van der Waals surface area (Å²) in [6, 6.07) is 8.90. The predicted octanol–water partition coefficient (Wildman–Crippen LogP) is 4.72. The molecule has 4 atom stereocenters. The molecule has 0 saturated heterocycles. The fourth-order valence-electron chi connectivity index (χ4n) is 5.42. The number of alkyl halides is 1. The van der Waals surface area contributed by atoms with Gasteiger partial charge in [-0.2, -0.15) is 0 Å². The minimum atomic E-state index is -0.766. The normalized spacial score (nSPS) is 30.4. The molecule has 2 aliphatic rings. The average Bonchev–Trinajstić information content (AvgIpc) is 3.27. The second-order valence-electron chi connectivity index (χ2n) is 9.39. The van der Waals surface area contributed by atoms with Crippen molar-refractivity contribution in [3.63, 3.8) is 0 Å². The maximum absolute atomic E-state index is 14.5. The first-order valence-corrected chi connectivity index (χ1v) is 10.3. The fourth-order valence-corrected chi connectivity index (χ4v) is 5.42. The van der Waals surface area contributed by atoms with Gasteiger partial charge in [-0.25, -0.2) is 9.37 Å². The maximum atomic E-state index is 14.5. The lowest BCUT2D eigenvalue weighted by atomic mass is 9.69. The summed E-state index contributed by atoms with van der Waals surface area (Å²) < 4.78 is 22.4. The Bertz CT molecular complexity index is 1060. The standard InChI is InChI=1S/C23H25FN4O2/c1-22-10-16(11-23(2,13-22)20(24)12-22)30-21-6-5-18(26-27-21)17-4-3-15(9-19(17)29)28-8-7-25-14-28/h3-9,14,16,20,29H,10-13H2,1-2H3/t16-,20+,22+,23+/m0/s1. The van der Waals surface area contributed by atoms with Crippen molar-refractivity contribution in [2.24, 2.45) is 10.8 Å². The van der Waals surface area contributed by atoms with Crippen molar-refractivity contribution in [2.75, 3.05) is 0 Å². The molecule has 1 aromatic carbocycles. The van der Waals surface area contributed by atoms with Crippen molar-refractivity contribution < 1.29 is 14.2 Å². The summed E-state index contributed by atoms with van der Waals surface area (Å²) in [6.07, 6.45) is 7.40. The SMILES string of the molecule is C[C@]12C[C@H](Oc3ccc(-c4ccc(-n5ccnc5)cc4O)nn3)C[C@](C)(C1)[C@H](F)C2. The van der Waals surface area contributed by atoms with Gasteiger partial charge in [-0.05, 0) is 49.3 Å². The number of hydrogen-bond acceptors (Lipinski definition) is 5. The molecule has 2 aliphatic carbocycles. The first-order chi connectivity index (χ1) is 14.3. The highest BCUT2D eigenvalue weighted by molar-refractivity contribution is 5.68. The third kappa shape index (κ3) is 3.32. The van der Waals surface area contributed by atoms with Gasteiger partial charge in [0.1, 0.15) is 18.0 Å². The third-order valence-electron chi connectivity index (χ3n) is 6.66. The number of halogens is 1. The van der Waals surface area contributed by atoms with Gasteiger partial charge in [-0.15, -0.1) is 10.2 Å². The van der Waals surface area contributed by atoms with Crippen LogP contribution in [0.25, 0.3) is 16.9 Å². The van der Waals surface area contributed by atoms with Gasteiger partial charge in [0.2, 0.25) is 5.88 Å². The molecule has 3 aromatic rings. The molecule has 2 saturated carbocycles. The molecule has 2 heterocycles. The molecule has 5 rings (SSSR count). The number of fused-ring (bicyclic) bond motifs is 2. The Labute approximate surface area is 174 Å². The molecule has 0 radical (unpaired) electrons. The number of benzene rings is 1. The van der Waals surface area contributed by atoms with Gasteiger partial charge in [-0.3, -0.25) is 0 Å². The minimum absolute atomic E-state index is 0.00672. The van der Waals surface area contributed by atoms with E-state index in [9.17, 15) is 9.50 Å². The molecule has 0 spiro atoms. The van der Waals surface area contributed by atoms with Gasteiger partial charge in [-0.1, -0.05) is 13.8 Å². The zero-order valence-corrected chi connectivity index (χ0v) is 17.1. The Morgan fingerprint density at radius 3 is 2.67 bits per heavy atom. The Kier molecular flexibility index (Phi) is 4.31. The number of phenolic OH excluding ortho intramolecular Hbond substituents is 1. The van der Waals surface area contributed by atoms with Gasteiger partial charge < -0.3 is 14.4 Å². The summed E-state index contributed by atoms with van der Waals surface area (Å²) >= 11 is 0. The van der Waals surface area contributed by atoms with Crippen LogP contribution in [0.2, 0.25) is 0 Å². The summed E-state index contributed by atoms with van der Waals surface area (Å²) in [4.78, 5) is 4.02. The number of rotatable bonds is 4. The van der Waals surface area contributed by atoms with Gasteiger partial charge in [0.25, 0.3) is 0 Å². The third-order valence-corrected chi connectivity index (χ3v) is 6.66. The molecular formula is C23H25FN4O2. The number of hydrogen-bond donors (Lipinski definition) is 1. The summed E-state index contributed by atoms with van der Waals surface area (Å²) in [5.41, 5.74) is 1.64. The van der Waals surface area contributed by atoms with E-state index < -0.39 is 6.17 Å². The fraction of sp³-hybridized carbons (Fsp3) is 0.435. The number of phenols is 1. The molecule has 2 aromatic heterocycles. The summed E-state index contributed by atoms with van der Waals surface area (Å²) in [6.45, 7) is 4.19. The van der Waals surface area contributed by atoms with Crippen molar-refractivity contribution in [3.05, 3.63) is 49.1 Å². The molecule has 156 valence electrons. The topological polar surface area (TPSA) is 73.1 Å². The molecular weight excluding hydrogens is 383 g/mol. The lowest BCUT2D eigenvalue weighted by Crippen LogP contribution is -2.37. The van der Waals surface area contributed by atoms with Crippen LogP contribution in [-0.4, -0.2) is 37.1 Å². The predicted molar refractivity (Wildman–Crippen MR) is 110 cm³/mol. The van der Waals surface area contributed by atoms with E-state index in [1.807, 2.05) is 23.8 Å². The molecule has 0 aliphatic heterocycles. The Balaban J connectivity index is 1.32. The van der Waals surface area contributed by atoms with E-state index in [1.165, 1.54) is 0 Å². The number of ether oxygens (including phenoxy) is 1. The average molecular weight is 408 g/mol. The van der Waals surface area contributed by atoms with Gasteiger partial charge in [0.15, 0.2) is 0 Å². The van der Waals surface area contributed by atoms with E-state index in [1.54, 1.807) is 36.8 Å². The van der Waals surface area contributed by atoms with Crippen molar-refractivity contribution in [3.8, 4) is 28.6 Å². The molecule has 7 heteroatoms. The first-order valence-electron chi connectivity index (χ1n) is 10.3. The van der Waals surface area contributed by atoms with E-state index in [0.29, 0.717) is 30.0 Å². The van der Waals surface area contributed by atoms with Gasteiger partial charge in [0.05, 0.1) is 17.7 Å². The first kappa shape index (κ1) is 19.0. The highest BCUT2D eigenvalue weighted by atomic mass is 19.1. The molecule has 6 nitrogen and oxygen atoms in total. The Hall–Kier alpha value is -2.96. The number of nitrogens with zero attached hydrogens (tertiary/aromatic N) is 4. The lowest BCUT2D eigenvalue weighted by molar-refractivity contribution is 0.0256. The molecule has 30 heavy (non-hydrogen) atoms. The largest absolute Gasteiger partial charge is 0.507 e. The Morgan fingerprint density at radius 2 is 2.00 bits per heavy atom. The van der Waals surface area contributed by atoms with Crippen molar-refractivity contribution in [2.45, 2.75) is 51.8 Å². The highest BCUT2D eigenvalue weighted by Gasteiger charge is 2.56. The number of aromatic nitrogens is 4. The number of aromatic hydroxyl groups is 1. The smallest absolute Gasteiger partial charge is 0.233 e. The number of imidazole rings is 1. The zero-order chi connectivity index (χ0) is 20.9. The molecule has 0 unspecified atom stereocenters. The van der Waals surface area contributed by atoms with E-state index >= 15 is 0 Å². The Morgan fingerprint density at radius 1 is 1.13 bits per heavy atom. The van der Waals surface area contributed by atoms with Crippen LogP contribution < -0.4 is 4.74 Å². The van der Waals surface area contributed by atoms with Gasteiger partial charge >= 0.3 is 0 Å². The quantitative estimate of drug-likeness (QED) is 0.676. The van der Waals surface area contributed by atoms with Crippen LogP contribution in [0.15, 0.2) is 49.1 Å². The summed E-state index contributed by atoms with van der Waals surface area (Å²) in [5.74, 6) is 0.546. The van der Waals surface area contributed by atoms with Crippen LogP contribution in [-0.2, 0) is 0 Å². The minimum Gasteiger partial charge on any atom is -0.507 e. The van der Waals surface area contributed by atoms with Gasteiger partial charge in [0, 0.05) is 35.5 Å². The van der Waals surface area contributed by atoms with Crippen LogP contribution in [0.4, 0.5) is 4.39 Å². The highest BCUT2D eigenvalue weighted by Crippen LogP contribution is 2.59. The van der Waals surface area contributed by atoms with Crippen LogP contribution in [0.1, 0.15) is 39.5 Å². The summed E-state index contributed by atoms with van der Waals surface area (Å²) in [5, 5.41) is 18.9. The van der Waals surface area contributed by atoms with Crippen LogP contribution in [0.5, 0.6) is 11.6 Å². The molecule has 2 bridgehead atoms. The van der Waals surface area contributed by atoms with Crippen LogP contribution in [0, 0.1) is 10.8 Å². The second-order valence-corrected chi connectivity index (χ2v) is 9.39. The maximum Gasteiger partial charge on any atom is 0.233 e. The van der Waals surface area contributed by atoms with Crippen molar-refractivity contribution >= 4 is 0 Å². The molecule has 2 fully saturated rings. The van der Waals surface area contributed by atoms with E-state index in [-0.39, 0.29) is 22.7 Å². The summed E-state index contributed by atoms with van der Waals surface area (Å²) in [7, 11) is 0. The van der Waals surface area contributed by atoms with E-state index in [4.69, 9.17) is 4.74 Å². The van der Waals surface area contributed by atoms with Crippen LogP contribution in [0.3, 0.4) is 0 Å². The zero-order valence-electron chi connectivity index (χ0n) is 17.1. The van der Waals surface area contributed by atoms with Crippen molar-refractivity contribution in [1.29, 1.82) is 0 Å². The molecule has 1 N–H and O–H groups in total. The van der Waals surface area contributed by atoms with Crippen LogP contribution >= 0.6 is 0 Å². The lowest BCUT2D eigenvalue weighted by Gasteiger charge is -2.39. The van der Waals surface area contributed by atoms with Crippen molar-refractivity contribution in [1.82, 2.24) is 19.7 Å². The van der Waals surface area contributed by atoms with E-state index in [0.717, 1.165) is 18.5 Å². The van der Waals surface area contributed by atoms with E-state index in [2.05, 4.69) is 22.1 Å². The monoisotopic (exact) mass is 408 g/mol. The molecule has 0 amide bonds.